The molecule has 0 radical (unpaired) electrons. The number of rotatable bonds is 6. The Kier molecular flexibility index (Phi) is 6.07. The number of hydrogen-bond donors (Lipinski definition) is 1. The zero-order chi connectivity index (χ0) is 23.8. The topological polar surface area (TPSA) is 60.9 Å². The fourth-order valence-corrected chi connectivity index (χ4v) is 4.43. The Bertz CT molecular complexity index is 1290. The average Bonchev–Trinajstić information content (AvgIpc) is 3.38. The lowest BCUT2D eigenvalue weighted by Crippen LogP contribution is -2.13. The van der Waals surface area contributed by atoms with Crippen LogP contribution >= 0.6 is 11.3 Å². The number of benzene rings is 2. The highest BCUT2D eigenvalue weighted by Crippen LogP contribution is 2.34. The molecule has 4 rings (SSSR count). The molecule has 0 saturated carbocycles. The van der Waals surface area contributed by atoms with Gasteiger partial charge < -0.3 is 10.3 Å². The first kappa shape index (κ1) is 22.7. The van der Waals surface area contributed by atoms with Crippen molar-refractivity contribution in [2.45, 2.75) is 26.1 Å². The van der Waals surface area contributed by atoms with Gasteiger partial charge in [-0.3, -0.25) is 4.79 Å². The molecule has 9 heteroatoms. The van der Waals surface area contributed by atoms with Crippen LogP contribution in [0.3, 0.4) is 0 Å². The maximum absolute atomic E-state index is 13.2. The Labute approximate surface area is 191 Å². The highest BCUT2D eigenvalue weighted by Gasteiger charge is 2.30. The number of halogens is 4. The summed E-state index contributed by atoms with van der Waals surface area (Å²) in [5.41, 5.74) is 8.63. The van der Waals surface area contributed by atoms with Crippen molar-refractivity contribution in [3.05, 3.63) is 88.2 Å². The van der Waals surface area contributed by atoms with E-state index in [1.54, 1.807) is 30.5 Å². The fraction of sp³-hybridized carbons (Fsp3) is 0.167. The predicted octanol–water partition coefficient (Wildman–Crippen LogP) is 6.09. The van der Waals surface area contributed by atoms with Gasteiger partial charge in [-0.1, -0.05) is 24.3 Å². The number of carbonyl (C=O) groups excluding carboxylic acids is 1. The Hall–Kier alpha value is -3.46. The molecule has 0 aliphatic carbocycles. The van der Waals surface area contributed by atoms with Crippen molar-refractivity contribution < 1.29 is 22.4 Å². The second kappa shape index (κ2) is 8.82. The highest BCUT2D eigenvalue weighted by molar-refractivity contribution is 7.13. The molecule has 0 aliphatic heterocycles. The molecule has 2 aromatic heterocycles. The summed E-state index contributed by atoms with van der Waals surface area (Å²) in [6.45, 7) is 2.30. The molecule has 0 unspecified atom stereocenters. The van der Waals surface area contributed by atoms with E-state index in [0.717, 1.165) is 17.7 Å². The largest absolute Gasteiger partial charge is 0.416 e. The van der Waals surface area contributed by atoms with Crippen LogP contribution in [-0.4, -0.2) is 15.5 Å². The third-order valence-corrected chi connectivity index (χ3v) is 6.29. The molecular formula is C24H19F4N3OS. The van der Waals surface area contributed by atoms with Gasteiger partial charge in [0.2, 0.25) is 0 Å². The van der Waals surface area contributed by atoms with Gasteiger partial charge in [0.1, 0.15) is 10.8 Å². The van der Waals surface area contributed by atoms with Crippen LogP contribution in [0.2, 0.25) is 0 Å². The monoisotopic (exact) mass is 473 g/mol. The molecule has 170 valence electrons. The summed E-state index contributed by atoms with van der Waals surface area (Å²) in [4.78, 5) is 16.5. The summed E-state index contributed by atoms with van der Waals surface area (Å²) < 4.78 is 53.6. The number of nitrogens with zero attached hydrogens (tertiary/aromatic N) is 2. The van der Waals surface area contributed by atoms with Crippen LogP contribution in [0.25, 0.3) is 22.0 Å². The SMILES string of the molecule is Cc1c(C(N)=O)cc(-c2csc(-c3ccc(C(F)(F)F)cc3)n2)n1CCc1ccc(F)cc1. The smallest absolute Gasteiger partial charge is 0.366 e. The molecule has 2 N–H and O–H groups in total. The van der Waals surface area contributed by atoms with Crippen LogP contribution in [0.1, 0.15) is 27.2 Å². The summed E-state index contributed by atoms with van der Waals surface area (Å²) in [5, 5.41) is 2.35. The minimum atomic E-state index is -4.40. The molecule has 33 heavy (non-hydrogen) atoms. The van der Waals surface area contributed by atoms with Gasteiger partial charge in [-0.25, -0.2) is 9.37 Å². The predicted molar refractivity (Wildman–Crippen MR) is 119 cm³/mol. The maximum atomic E-state index is 13.2. The number of nitrogens with two attached hydrogens (primary N) is 1. The Morgan fingerprint density at radius 2 is 1.76 bits per heavy atom. The van der Waals surface area contributed by atoms with E-state index in [-0.39, 0.29) is 5.82 Å². The summed E-state index contributed by atoms with van der Waals surface area (Å²) in [6, 6.07) is 12.7. The first-order valence-electron chi connectivity index (χ1n) is 10.0. The van der Waals surface area contributed by atoms with Gasteiger partial charge in [0.15, 0.2) is 0 Å². The van der Waals surface area contributed by atoms with Crippen LogP contribution in [0.5, 0.6) is 0 Å². The molecule has 0 spiro atoms. The first-order chi connectivity index (χ1) is 15.6. The summed E-state index contributed by atoms with van der Waals surface area (Å²) in [6.07, 6.45) is -3.81. The molecular weight excluding hydrogens is 454 g/mol. The Morgan fingerprint density at radius 3 is 2.36 bits per heavy atom. The zero-order valence-electron chi connectivity index (χ0n) is 17.5. The lowest BCUT2D eigenvalue weighted by Gasteiger charge is -2.11. The molecule has 0 atom stereocenters. The number of aromatic nitrogens is 2. The van der Waals surface area contributed by atoms with Crippen LogP contribution in [-0.2, 0) is 19.1 Å². The third-order valence-electron chi connectivity index (χ3n) is 5.40. The van der Waals surface area contributed by atoms with E-state index in [9.17, 15) is 22.4 Å². The molecule has 0 aliphatic rings. The summed E-state index contributed by atoms with van der Waals surface area (Å²) in [7, 11) is 0. The van der Waals surface area contributed by atoms with E-state index in [2.05, 4.69) is 4.98 Å². The van der Waals surface area contributed by atoms with E-state index in [1.165, 1.54) is 35.6 Å². The number of aryl methyl sites for hydroxylation is 1. The fourth-order valence-electron chi connectivity index (χ4n) is 3.61. The molecule has 2 heterocycles. The second-order valence-corrected chi connectivity index (χ2v) is 8.39. The normalized spacial score (nSPS) is 11.7. The number of thiazole rings is 1. The van der Waals surface area contributed by atoms with Gasteiger partial charge in [0.05, 0.1) is 22.5 Å². The van der Waals surface area contributed by atoms with Crippen molar-refractivity contribution in [3.8, 4) is 22.0 Å². The van der Waals surface area contributed by atoms with Crippen molar-refractivity contribution in [3.63, 3.8) is 0 Å². The standard InChI is InChI=1S/C24H19F4N3OS/c1-14-19(22(29)32)12-21(31(14)11-10-15-2-8-18(25)9-3-15)20-13-33-23(30-20)16-4-6-17(7-5-16)24(26,27)28/h2-9,12-13H,10-11H2,1H3,(H2,29,32). The average molecular weight is 473 g/mol. The molecule has 0 fully saturated rings. The van der Waals surface area contributed by atoms with Gasteiger partial charge in [-0.2, -0.15) is 13.2 Å². The molecule has 4 nitrogen and oxygen atoms in total. The number of carbonyl (C=O) groups is 1. The van der Waals surface area contributed by atoms with E-state index >= 15 is 0 Å². The zero-order valence-corrected chi connectivity index (χ0v) is 18.3. The quantitative estimate of drug-likeness (QED) is 0.345. The van der Waals surface area contributed by atoms with Crippen molar-refractivity contribution in [1.82, 2.24) is 9.55 Å². The van der Waals surface area contributed by atoms with Crippen molar-refractivity contribution in [2.24, 2.45) is 5.73 Å². The van der Waals surface area contributed by atoms with Crippen LogP contribution in [0.15, 0.2) is 60.0 Å². The maximum Gasteiger partial charge on any atom is 0.416 e. The van der Waals surface area contributed by atoms with E-state index in [1.807, 2.05) is 4.57 Å². The van der Waals surface area contributed by atoms with E-state index in [0.29, 0.717) is 46.2 Å². The first-order valence-corrected chi connectivity index (χ1v) is 10.9. The van der Waals surface area contributed by atoms with Gasteiger partial charge in [0.25, 0.3) is 5.91 Å². The molecule has 2 aromatic carbocycles. The molecule has 0 saturated heterocycles. The Balaban J connectivity index is 1.66. The minimum Gasteiger partial charge on any atom is -0.366 e. The summed E-state index contributed by atoms with van der Waals surface area (Å²) in [5.74, 6) is -0.877. The molecule has 1 amide bonds. The summed E-state index contributed by atoms with van der Waals surface area (Å²) >= 11 is 1.30. The minimum absolute atomic E-state index is 0.314. The second-order valence-electron chi connectivity index (χ2n) is 7.53. The van der Waals surface area contributed by atoms with Crippen molar-refractivity contribution in [2.75, 3.05) is 0 Å². The van der Waals surface area contributed by atoms with Gasteiger partial charge in [0, 0.05) is 23.2 Å². The number of amides is 1. The van der Waals surface area contributed by atoms with Crippen molar-refractivity contribution in [1.29, 1.82) is 0 Å². The molecule has 0 bridgehead atoms. The van der Waals surface area contributed by atoms with Gasteiger partial charge in [-0.15, -0.1) is 11.3 Å². The van der Waals surface area contributed by atoms with Crippen LogP contribution in [0, 0.1) is 12.7 Å². The lowest BCUT2D eigenvalue weighted by atomic mass is 10.1. The van der Waals surface area contributed by atoms with E-state index in [4.69, 9.17) is 5.73 Å². The van der Waals surface area contributed by atoms with Crippen LogP contribution < -0.4 is 5.73 Å². The molecule has 4 aromatic rings. The third kappa shape index (κ3) is 4.83. The van der Waals surface area contributed by atoms with Crippen LogP contribution in [0.4, 0.5) is 17.6 Å². The number of alkyl halides is 3. The van der Waals surface area contributed by atoms with Gasteiger partial charge in [-0.05, 0) is 49.2 Å². The van der Waals surface area contributed by atoms with Gasteiger partial charge >= 0.3 is 6.18 Å². The van der Waals surface area contributed by atoms with Crippen molar-refractivity contribution >= 4 is 17.2 Å². The Morgan fingerprint density at radius 1 is 1.09 bits per heavy atom. The van der Waals surface area contributed by atoms with E-state index < -0.39 is 17.6 Å². The lowest BCUT2D eigenvalue weighted by molar-refractivity contribution is -0.137. The highest BCUT2D eigenvalue weighted by atomic mass is 32.1. The number of primary amides is 1. The number of hydrogen-bond acceptors (Lipinski definition) is 3.